The zero-order valence-corrected chi connectivity index (χ0v) is 23.9. The SMILES string of the molecule is COc1ccc(N(CC(=O)N(CCc2ccccc2)C(C)C(=O)NC(C)(C)C)S(=O)(=O)c2ccccc2)cc1. The van der Waals surface area contributed by atoms with Gasteiger partial charge in [-0.25, -0.2) is 8.42 Å². The number of methoxy groups -OCH3 is 1. The summed E-state index contributed by atoms with van der Waals surface area (Å²) >= 11 is 0. The van der Waals surface area contributed by atoms with Crippen molar-refractivity contribution in [2.75, 3.05) is 24.5 Å². The van der Waals surface area contributed by atoms with Crippen LogP contribution >= 0.6 is 0 Å². The molecule has 0 spiro atoms. The van der Waals surface area contributed by atoms with Crippen molar-refractivity contribution in [1.29, 1.82) is 0 Å². The molecule has 1 atom stereocenters. The molecule has 3 rings (SSSR count). The predicted molar refractivity (Wildman–Crippen MR) is 153 cm³/mol. The van der Waals surface area contributed by atoms with Crippen molar-refractivity contribution in [3.8, 4) is 5.75 Å². The first-order valence-electron chi connectivity index (χ1n) is 12.8. The summed E-state index contributed by atoms with van der Waals surface area (Å²) in [5, 5.41) is 2.93. The van der Waals surface area contributed by atoms with Gasteiger partial charge in [0.1, 0.15) is 18.3 Å². The molecule has 0 aliphatic rings. The van der Waals surface area contributed by atoms with Crippen LogP contribution < -0.4 is 14.4 Å². The highest BCUT2D eigenvalue weighted by Crippen LogP contribution is 2.26. The number of nitrogens with one attached hydrogen (secondary N) is 1. The van der Waals surface area contributed by atoms with Crippen LogP contribution in [0.5, 0.6) is 5.75 Å². The van der Waals surface area contributed by atoms with Gasteiger partial charge < -0.3 is 15.0 Å². The largest absolute Gasteiger partial charge is 0.497 e. The van der Waals surface area contributed by atoms with Crippen molar-refractivity contribution in [2.24, 2.45) is 0 Å². The fraction of sp³-hybridized carbons (Fsp3) is 0.333. The van der Waals surface area contributed by atoms with E-state index in [0.717, 1.165) is 9.87 Å². The number of carbonyl (C=O) groups is 2. The minimum absolute atomic E-state index is 0.0583. The maximum atomic E-state index is 13.9. The van der Waals surface area contributed by atoms with Crippen LogP contribution in [0.25, 0.3) is 0 Å². The van der Waals surface area contributed by atoms with Crippen LogP contribution in [0.2, 0.25) is 0 Å². The van der Waals surface area contributed by atoms with Crippen LogP contribution in [0.15, 0.2) is 89.8 Å². The van der Waals surface area contributed by atoms with Gasteiger partial charge in [0.05, 0.1) is 17.7 Å². The van der Waals surface area contributed by atoms with Crippen LogP contribution in [-0.4, -0.2) is 56.9 Å². The molecule has 2 amide bonds. The van der Waals surface area contributed by atoms with Gasteiger partial charge in [-0.1, -0.05) is 48.5 Å². The minimum atomic E-state index is -4.10. The first kappa shape index (κ1) is 29.7. The van der Waals surface area contributed by atoms with E-state index in [1.807, 2.05) is 51.1 Å². The molecule has 0 radical (unpaired) electrons. The molecule has 0 saturated heterocycles. The van der Waals surface area contributed by atoms with Crippen molar-refractivity contribution in [2.45, 2.75) is 50.6 Å². The Morgan fingerprint density at radius 3 is 2.00 bits per heavy atom. The highest BCUT2D eigenvalue weighted by molar-refractivity contribution is 7.92. The molecule has 0 fully saturated rings. The van der Waals surface area contributed by atoms with E-state index in [4.69, 9.17) is 4.74 Å². The van der Waals surface area contributed by atoms with Crippen LogP contribution in [0.4, 0.5) is 5.69 Å². The summed E-state index contributed by atoms with van der Waals surface area (Å²) in [5.41, 5.74) is 0.816. The third kappa shape index (κ3) is 8.07. The van der Waals surface area contributed by atoms with E-state index < -0.39 is 34.1 Å². The molecule has 1 N–H and O–H groups in total. The van der Waals surface area contributed by atoms with Crippen LogP contribution in [0, 0.1) is 0 Å². The van der Waals surface area contributed by atoms with Gasteiger partial charge in [-0.2, -0.15) is 0 Å². The Labute approximate surface area is 231 Å². The molecule has 0 aliphatic carbocycles. The molecule has 1 unspecified atom stereocenters. The van der Waals surface area contributed by atoms with Gasteiger partial charge in [0.2, 0.25) is 11.8 Å². The third-order valence-corrected chi connectivity index (χ3v) is 7.91. The van der Waals surface area contributed by atoms with E-state index in [1.165, 1.54) is 24.1 Å². The average Bonchev–Trinajstić information content (AvgIpc) is 2.92. The van der Waals surface area contributed by atoms with E-state index in [-0.39, 0.29) is 17.3 Å². The number of ether oxygens (including phenoxy) is 1. The maximum absolute atomic E-state index is 13.9. The van der Waals surface area contributed by atoms with Gasteiger partial charge in [-0.15, -0.1) is 0 Å². The first-order chi connectivity index (χ1) is 18.4. The molecule has 0 aromatic heterocycles. The number of rotatable bonds is 11. The summed E-state index contributed by atoms with van der Waals surface area (Å²) < 4.78 is 33.8. The monoisotopic (exact) mass is 551 g/mol. The van der Waals surface area contributed by atoms with Gasteiger partial charge in [0.25, 0.3) is 10.0 Å². The third-order valence-electron chi connectivity index (χ3n) is 6.12. The fourth-order valence-corrected chi connectivity index (χ4v) is 5.48. The Bertz CT molecular complexity index is 1340. The lowest BCUT2D eigenvalue weighted by Crippen LogP contribution is -2.55. The zero-order chi connectivity index (χ0) is 28.6. The van der Waals surface area contributed by atoms with Crippen molar-refractivity contribution in [3.05, 3.63) is 90.5 Å². The van der Waals surface area contributed by atoms with Crippen molar-refractivity contribution < 1.29 is 22.7 Å². The Hall–Kier alpha value is -3.85. The van der Waals surface area contributed by atoms with E-state index in [2.05, 4.69) is 5.32 Å². The fourth-order valence-electron chi connectivity index (χ4n) is 4.04. The zero-order valence-electron chi connectivity index (χ0n) is 23.1. The van der Waals surface area contributed by atoms with Crippen LogP contribution in [0.1, 0.15) is 33.3 Å². The minimum Gasteiger partial charge on any atom is -0.497 e. The second-order valence-electron chi connectivity index (χ2n) is 10.3. The molecular weight excluding hydrogens is 514 g/mol. The van der Waals surface area contributed by atoms with Crippen molar-refractivity contribution in [1.82, 2.24) is 10.2 Å². The van der Waals surface area contributed by atoms with E-state index in [9.17, 15) is 18.0 Å². The second kappa shape index (κ2) is 12.8. The number of benzene rings is 3. The molecule has 39 heavy (non-hydrogen) atoms. The molecule has 0 aliphatic heterocycles. The number of hydrogen-bond acceptors (Lipinski definition) is 5. The van der Waals surface area contributed by atoms with Crippen molar-refractivity contribution in [3.63, 3.8) is 0 Å². The Morgan fingerprint density at radius 1 is 0.897 bits per heavy atom. The normalized spacial score (nSPS) is 12.3. The smallest absolute Gasteiger partial charge is 0.264 e. The molecule has 208 valence electrons. The number of anilines is 1. The topological polar surface area (TPSA) is 96.0 Å². The van der Waals surface area contributed by atoms with Crippen LogP contribution in [-0.2, 0) is 26.0 Å². The van der Waals surface area contributed by atoms with Gasteiger partial charge >= 0.3 is 0 Å². The standard InChI is InChI=1S/C30H37N3O5S/c1-23(29(35)31-30(2,3)4)32(21-20-24-12-8-6-9-13-24)28(34)22-33(25-16-18-26(38-5)19-17-25)39(36,37)27-14-10-7-11-15-27/h6-19,23H,20-22H2,1-5H3,(H,31,35). The summed E-state index contributed by atoms with van der Waals surface area (Å²) in [7, 11) is -2.58. The lowest BCUT2D eigenvalue weighted by molar-refractivity contribution is -0.139. The Morgan fingerprint density at radius 2 is 1.46 bits per heavy atom. The summed E-state index contributed by atoms with van der Waals surface area (Å²) in [6.07, 6.45) is 0.508. The Balaban J connectivity index is 1.97. The first-order valence-corrected chi connectivity index (χ1v) is 14.2. The molecular formula is C30H37N3O5S. The molecule has 0 saturated carbocycles. The van der Waals surface area contributed by atoms with E-state index in [1.54, 1.807) is 49.4 Å². The second-order valence-corrected chi connectivity index (χ2v) is 12.1. The number of carbonyl (C=O) groups excluding carboxylic acids is 2. The molecule has 8 nitrogen and oxygen atoms in total. The Kier molecular flexibility index (Phi) is 9.75. The highest BCUT2D eigenvalue weighted by atomic mass is 32.2. The van der Waals surface area contributed by atoms with Crippen molar-refractivity contribution >= 4 is 27.5 Å². The summed E-state index contributed by atoms with van der Waals surface area (Å²) in [4.78, 5) is 28.5. The maximum Gasteiger partial charge on any atom is 0.264 e. The van der Waals surface area contributed by atoms with E-state index in [0.29, 0.717) is 17.9 Å². The molecule has 9 heteroatoms. The lowest BCUT2D eigenvalue weighted by Gasteiger charge is -2.33. The lowest BCUT2D eigenvalue weighted by atomic mass is 10.1. The van der Waals surface area contributed by atoms with Gasteiger partial charge in [0, 0.05) is 12.1 Å². The quantitative estimate of drug-likeness (QED) is 0.384. The average molecular weight is 552 g/mol. The molecule has 3 aromatic carbocycles. The highest BCUT2D eigenvalue weighted by Gasteiger charge is 2.33. The summed E-state index contributed by atoms with van der Waals surface area (Å²) in [6, 6.07) is 23.2. The predicted octanol–water partition coefficient (Wildman–Crippen LogP) is 4.27. The van der Waals surface area contributed by atoms with Gasteiger partial charge in [0.15, 0.2) is 0 Å². The van der Waals surface area contributed by atoms with Gasteiger partial charge in [-0.05, 0) is 76.1 Å². The molecule has 0 heterocycles. The number of amides is 2. The number of sulfonamides is 1. The number of nitrogens with zero attached hydrogens (tertiary/aromatic N) is 2. The summed E-state index contributed by atoms with van der Waals surface area (Å²) in [6.45, 7) is 7.02. The molecule has 0 bridgehead atoms. The van der Waals surface area contributed by atoms with Crippen LogP contribution in [0.3, 0.4) is 0 Å². The van der Waals surface area contributed by atoms with E-state index >= 15 is 0 Å². The molecule has 3 aromatic rings. The summed E-state index contributed by atoms with van der Waals surface area (Å²) in [5.74, 6) is -0.247. The van der Waals surface area contributed by atoms with Gasteiger partial charge in [-0.3, -0.25) is 13.9 Å². The number of hydrogen-bond donors (Lipinski definition) is 1.